The van der Waals surface area contributed by atoms with Crippen LogP contribution in [-0.4, -0.2) is 56.4 Å². The molecule has 1 atom stereocenters. The zero-order valence-corrected chi connectivity index (χ0v) is 19.0. The number of halogens is 1. The lowest BCUT2D eigenvalue weighted by Crippen LogP contribution is -2.48. The van der Waals surface area contributed by atoms with Crippen LogP contribution in [0.1, 0.15) is 36.3 Å². The quantitative estimate of drug-likeness (QED) is 0.619. The Morgan fingerprint density at radius 1 is 1.18 bits per heavy atom. The van der Waals surface area contributed by atoms with Crippen LogP contribution in [-0.2, 0) is 18.4 Å². The van der Waals surface area contributed by atoms with Gasteiger partial charge in [0.15, 0.2) is 0 Å². The number of carbonyl (C=O) groups excluding carboxylic acids is 1. The Morgan fingerprint density at radius 2 is 1.91 bits per heavy atom. The second kappa shape index (κ2) is 9.38. The predicted octanol–water partition coefficient (Wildman–Crippen LogP) is 3.50. The van der Waals surface area contributed by atoms with Crippen molar-refractivity contribution in [3.63, 3.8) is 0 Å². The Labute approximate surface area is 196 Å². The molecule has 2 aliphatic heterocycles. The van der Waals surface area contributed by atoms with E-state index >= 15 is 0 Å². The number of hydrogen-bond acceptors (Lipinski definition) is 6. The molecule has 178 valence electrons. The van der Waals surface area contributed by atoms with Crippen molar-refractivity contribution >= 4 is 12.0 Å². The summed E-state index contributed by atoms with van der Waals surface area (Å²) < 4.78 is 26.6. The lowest BCUT2D eigenvalue weighted by Gasteiger charge is -2.38. The van der Waals surface area contributed by atoms with E-state index in [4.69, 9.17) is 9.47 Å². The summed E-state index contributed by atoms with van der Waals surface area (Å²) in [6.07, 6.45) is 2.53. The summed E-state index contributed by atoms with van der Waals surface area (Å²) in [5.74, 6) is 1.17. The number of hydrogen-bond donors (Lipinski definition) is 1. The number of aryl methyl sites for hydroxylation is 1. The van der Waals surface area contributed by atoms with Crippen molar-refractivity contribution in [2.75, 3.05) is 25.0 Å². The molecular formula is C24H27FN6O3. The van der Waals surface area contributed by atoms with Crippen molar-refractivity contribution in [2.24, 2.45) is 7.05 Å². The normalized spacial score (nSPS) is 19.4. The lowest BCUT2D eigenvalue weighted by molar-refractivity contribution is -0.0355. The molecular weight excluding hydrogens is 439 g/mol. The molecule has 1 spiro atoms. The van der Waals surface area contributed by atoms with Gasteiger partial charge in [-0.25, -0.2) is 13.9 Å². The van der Waals surface area contributed by atoms with Crippen LogP contribution in [0.3, 0.4) is 0 Å². The number of benzene rings is 2. The molecule has 34 heavy (non-hydrogen) atoms. The fourth-order valence-electron chi connectivity index (χ4n) is 4.62. The third-order valence-corrected chi connectivity index (χ3v) is 6.68. The minimum Gasteiger partial charge on any atom is -0.489 e. The summed E-state index contributed by atoms with van der Waals surface area (Å²) in [6, 6.07) is 14.2. The summed E-state index contributed by atoms with van der Waals surface area (Å²) in [7, 11) is 1.68. The minimum atomic E-state index is -0.252. The van der Waals surface area contributed by atoms with Crippen molar-refractivity contribution < 1.29 is 18.7 Å². The zero-order valence-electron chi connectivity index (χ0n) is 19.0. The maximum Gasteiger partial charge on any atom is 0.324 e. The van der Waals surface area contributed by atoms with Gasteiger partial charge in [0, 0.05) is 26.1 Å². The Kier molecular flexibility index (Phi) is 6.14. The van der Waals surface area contributed by atoms with E-state index < -0.39 is 0 Å². The first-order valence-corrected chi connectivity index (χ1v) is 11.4. The number of nitrogens with one attached hydrogen (secondary N) is 1. The van der Waals surface area contributed by atoms with Crippen molar-refractivity contribution in [3.8, 4) is 5.75 Å². The number of rotatable bonds is 5. The van der Waals surface area contributed by atoms with E-state index in [-0.39, 0.29) is 17.4 Å². The number of tetrazole rings is 1. The number of aromatic nitrogens is 4. The number of urea groups is 1. The van der Waals surface area contributed by atoms with E-state index in [1.807, 2.05) is 12.1 Å². The van der Waals surface area contributed by atoms with Crippen LogP contribution in [0.4, 0.5) is 15.1 Å². The van der Waals surface area contributed by atoms with Gasteiger partial charge in [-0.1, -0.05) is 29.4 Å². The molecule has 3 aromatic rings. The van der Waals surface area contributed by atoms with Crippen molar-refractivity contribution in [2.45, 2.75) is 37.4 Å². The monoisotopic (exact) mass is 466 g/mol. The molecule has 10 heteroatoms. The van der Waals surface area contributed by atoms with Crippen molar-refractivity contribution in [1.82, 2.24) is 25.1 Å². The Bertz CT molecular complexity index is 1130. The lowest BCUT2D eigenvalue weighted by atomic mass is 9.83. The summed E-state index contributed by atoms with van der Waals surface area (Å²) >= 11 is 0. The molecule has 2 saturated heterocycles. The molecule has 0 bridgehead atoms. The molecule has 0 saturated carbocycles. The molecule has 2 fully saturated rings. The molecule has 3 heterocycles. The summed E-state index contributed by atoms with van der Waals surface area (Å²) in [6.45, 7) is 2.32. The van der Waals surface area contributed by atoms with Crippen LogP contribution in [0.2, 0.25) is 0 Å². The number of carbonyl (C=O) groups is 1. The Morgan fingerprint density at radius 3 is 2.59 bits per heavy atom. The fraction of sp³-hybridized carbons (Fsp3) is 0.417. The van der Waals surface area contributed by atoms with Crippen LogP contribution in [0.5, 0.6) is 5.75 Å². The second-order valence-corrected chi connectivity index (χ2v) is 8.92. The topological polar surface area (TPSA) is 94.4 Å². The molecule has 2 aliphatic rings. The molecule has 1 aromatic heterocycles. The molecule has 0 radical (unpaired) electrons. The number of ether oxygens (including phenoxy) is 2. The third-order valence-electron chi connectivity index (χ3n) is 6.68. The molecule has 5 rings (SSSR count). The maximum atomic E-state index is 13.0. The first-order valence-electron chi connectivity index (χ1n) is 11.4. The van der Waals surface area contributed by atoms with Crippen LogP contribution in [0, 0.1) is 5.82 Å². The van der Waals surface area contributed by atoms with Gasteiger partial charge in [0.2, 0.25) is 0 Å². The van der Waals surface area contributed by atoms with E-state index in [9.17, 15) is 9.18 Å². The van der Waals surface area contributed by atoms with Gasteiger partial charge in [-0.2, -0.15) is 0 Å². The zero-order chi connectivity index (χ0) is 23.5. The summed E-state index contributed by atoms with van der Waals surface area (Å²) in [5, 5.41) is 13.8. The largest absolute Gasteiger partial charge is 0.489 e. The molecule has 2 aromatic carbocycles. The molecule has 0 aliphatic carbocycles. The summed E-state index contributed by atoms with van der Waals surface area (Å²) in [4.78, 5) is 14.3. The van der Waals surface area contributed by atoms with Gasteiger partial charge < -0.3 is 14.4 Å². The minimum absolute atomic E-state index is 0.189. The van der Waals surface area contributed by atoms with Crippen molar-refractivity contribution in [3.05, 3.63) is 65.5 Å². The van der Waals surface area contributed by atoms with Gasteiger partial charge in [0.1, 0.15) is 18.2 Å². The smallest absolute Gasteiger partial charge is 0.324 e. The molecule has 9 nitrogen and oxygen atoms in total. The summed E-state index contributed by atoms with van der Waals surface area (Å²) in [5.41, 5.74) is 1.96. The van der Waals surface area contributed by atoms with E-state index in [1.54, 1.807) is 24.1 Å². The first kappa shape index (κ1) is 22.3. The highest BCUT2D eigenvalue weighted by molar-refractivity contribution is 5.87. The average Bonchev–Trinajstić information content (AvgIpc) is 3.46. The molecule has 2 amide bonds. The third kappa shape index (κ3) is 4.86. The van der Waals surface area contributed by atoms with Crippen molar-refractivity contribution in [1.29, 1.82) is 0 Å². The van der Waals surface area contributed by atoms with Crippen LogP contribution >= 0.6 is 0 Å². The van der Waals surface area contributed by atoms with Gasteiger partial charge >= 0.3 is 6.03 Å². The molecule has 1 unspecified atom stereocenters. The number of anilines is 1. The number of piperidine rings is 1. The Balaban J connectivity index is 1.12. The van der Waals surface area contributed by atoms with E-state index in [0.29, 0.717) is 38.2 Å². The highest BCUT2D eigenvalue weighted by Gasteiger charge is 2.43. The first-order chi connectivity index (χ1) is 16.5. The Hall–Kier alpha value is -3.53. The standard InChI is InChI=1S/C24H27FN6O3/c1-30-22(27-28-29-30)26-23(32)31-12-10-24(11-13-31)14-19(16-34-24)18-4-8-21(9-5-18)33-15-17-2-6-20(25)7-3-17/h2-9,19H,10-16H2,1H3,(H,26,27,29,32). The predicted molar refractivity (Wildman–Crippen MR) is 122 cm³/mol. The van der Waals surface area contributed by atoms with Crippen LogP contribution in [0.25, 0.3) is 0 Å². The second-order valence-electron chi connectivity index (χ2n) is 8.92. The fourth-order valence-corrected chi connectivity index (χ4v) is 4.62. The van der Waals surface area contributed by atoms with Crippen LogP contribution < -0.4 is 10.1 Å². The average molecular weight is 467 g/mol. The maximum absolute atomic E-state index is 13.0. The number of nitrogens with zero attached hydrogens (tertiary/aromatic N) is 5. The molecule has 1 N–H and O–H groups in total. The van der Waals surface area contributed by atoms with E-state index in [1.165, 1.54) is 22.4 Å². The number of amides is 2. The van der Waals surface area contributed by atoms with Gasteiger partial charge in [-0.3, -0.25) is 5.32 Å². The highest BCUT2D eigenvalue weighted by Crippen LogP contribution is 2.43. The van der Waals surface area contributed by atoms with Gasteiger partial charge in [0.25, 0.3) is 5.95 Å². The SMILES string of the molecule is Cn1nnnc1NC(=O)N1CCC2(CC1)CC(c1ccc(OCc3ccc(F)cc3)cc1)CO2. The van der Waals surface area contributed by atoms with Gasteiger partial charge in [0.05, 0.1) is 12.2 Å². The van der Waals surface area contributed by atoms with Gasteiger partial charge in [-0.15, -0.1) is 0 Å². The van der Waals surface area contributed by atoms with E-state index in [0.717, 1.165) is 30.6 Å². The van der Waals surface area contributed by atoms with Gasteiger partial charge in [-0.05, 0) is 65.1 Å². The number of likely N-dealkylation sites (tertiary alicyclic amines) is 1. The highest BCUT2D eigenvalue weighted by atomic mass is 19.1. The van der Waals surface area contributed by atoms with E-state index in [2.05, 4.69) is 33.0 Å². The van der Waals surface area contributed by atoms with Crippen LogP contribution in [0.15, 0.2) is 48.5 Å².